The van der Waals surface area contributed by atoms with E-state index in [2.05, 4.69) is 4.74 Å². The highest BCUT2D eigenvalue weighted by molar-refractivity contribution is 5.89. The average molecular weight is 207 g/mol. The van der Waals surface area contributed by atoms with Crippen molar-refractivity contribution in [3.8, 4) is 5.75 Å². The first-order valence-corrected chi connectivity index (χ1v) is 4.83. The zero-order valence-corrected chi connectivity index (χ0v) is 8.53. The van der Waals surface area contributed by atoms with Gasteiger partial charge in [-0.2, -0.15) is 0 Å². The maximum atomic E-state index is 11.3. The van der Waals surface area contributed by atoms with Crippen LogP contribution in [0.2, 0.25) is 0 Å². The summed E-state index contributed by atoms with van der Waals surface area (Å²) in [5.74, 6) is 0.414. The number of esters is 1. The summed E-state index contributed by atoms with van der Waals surface area (Å²) < 4.78 is 10.1. The molecule has 80 valence electrons. The molecule has 0 radical (unpaired) electrons. The van der Waals surface area contributed by atoms with Gasteiger partial charge in [-0.25, -0.2) is 4.79 Å². The highest BCUT2D eigenvalue weighted by Crippen LogP contribution is 2.31. The number of hydrogen-bond acceptors (Lipinski definition) is 4. The van der Waals surface area contributed by atoms with Gasteiger partial charge in [0.05, 0.1) is 19.3 Å². The van der Waals surface area contributed by atoms with E-state index in [4.69, 9.17) is 10.5 Å². The van der Waals surface area contributed by atoms with E-state index in [9.17, 15) is 4.79 Å². The number of carbonyl (C=O) groups is 1. The lowest BCUT2D eigenvalue weighted by atomic mass is 9.99. The van der Waals surface area contributed by atoms with Crippen molar-refractivity contribution >= 4 is 5.97 Å². The van der Waals surface area contributed by atoms with Crippen LogP contribution in [0.25, 0.3) is 0 Å². The molecule has 1 aromatic carbocycles. The van der Waals surface area contributed by atoms with Gasteiger partial charge in [-0.1, -0.05) is 0 Å². The van der Waals surface area contributed by atoms with Crippen LogP contribution in [-0.4, -0.2) is 19.7 Å². The van der Waals surface area contributed by atoms with Crippen LogP contribution < -0.4 is 10.5 Å². The van der Waals surface area contributed by atoms with Gasteiger partial charge in [-0.15, -0.1) is 0 Å². The van der Waals surface area contributed by atoms with E-state index < -0.39 is 0 Å². The highest BCUT2D eigenvalue weighted by atomic mass is 16.5. The fourth-order valence-corrected chi connectivity index (χ4v) is 1.67. The third-order valence-corrected chi connectivity index (χ3v) is 2.52. The number of hydrogen-bond donors (Lipinski definition) is 1. The number of ether oxygens (including phenoxy) is 2. The lowest BCUT2D eigenvalue weighted by Crippen LogP contribution is -2.21. The Bertz CT molecular complexity index is 389. The molecule has 2 rings (SSSR count). The number of benzene rings is 1. The standard InChI is InChI=1S/C11H13NO3/c1-14-11(13)7-2-3-10-8(6-7)9(12)4-5-15-10/h2-3,6,9H,4-5,12H2,1H3. The second-order valence-corrected chi connectivity index (χ2v) is 3.49. The number of rotatable bonds is 1. The van der Waals surface area contributed by atoms with Crippen molar-refractivity contribution in [1.29, 1.82) is 0 Å². The summed E-state index contributed by atoms with van der Waals surface area (Å²) in [6, 6.07) is 5.13. The molecule has 0 saturated carbocycles. The van der Waals surface area contributed by atoms with Gasteiger partial charge < -0.3 is 15.2 Å². The van der Waals surface area contributed by atoms with Crippen molar-refractivity contribution in [1.82, 2.24) is 0 Å². The number of methoxy groups -OCH3 is 1. The third kappa shape index (κ3) is 1.80. The fourth-order valence-electron chi connectivity index (χ4n) is 1.67. The summed E-state index contributed by atoms with van der Waals surface area (Å²) in [7, 11) is 1.36. The fraction of sp³-hybridized carbons (Fsp3) is 0.364. The first-order valence-electron chi connectivity index (χ1n) is 4.83. The summed E-state index contributed by atoms with van der Waals surface area (Å²) in [5.41, 5.74) is 7.31. The predicted octanol–water partition coefficient (Wildman–Crippen LogP) is 1.26. The molecule has 4 heteroatoms. The van der Waals surface area contributed by atoms with Gasteiger partial charge in [0.25, 0.3) is 0 Å². The second-order valence-electron chi connectivity index (χ2n) is 3.49. The van der Waals surface area contributed by atoms with Crippen molar-refractivity contribution < 1.29 is 14.3 Å². The molecular weight excluding hydrogens is 194 g/mol. The second kappa shape index (κ2) is 3.90. The summed E-state index contributed by atoms with van der Waals surface area (Å²) in [6.45, 7) is 0.631. The molecule has 2 N–H and O–H groups in total. The van der Waals surface area contributed by atoms with E-state index in [1.165, 1.54) is 7.11 Å². The number of fused-ring (bicyclic) bond motifs is 1. The van der Waals surface area contributed by atoms with Gasteiger partial charge >= 0.3 is 5.97 Å². The summed E-state index contributed by atoms with van der Waals surface area (Å²) in [5, 5.41) is 0. The predicted molar refractivity (Wildman–Crippen MR) is 54.8 cm³/mol. The smallest absolute Gasteiger partial charge is 0.337 e. The van der Waals surface area contributed by atoms with Crippen LogP contribution >= 0.6 is 0 Å². The molecule has 1 aromatic rings. The normalized spacial score (nSPS) is 18.9. The van der Waals surface area contributed by atoms with Crippen molar-refractivity contribution in [3.05, 3.63) is 29.3 Å². The van der Waals surface area contributed by atoms with Crippen LogP contribution in [0, 0.1) is 0 Å². The van der Waals surface area contributed by atoms with Gasteiger partial charge in [-0.3, -0.25) is 0 Å². The Morgan fingerprint density at radius 2 is 2.40 bits per heavy atom. The SMILES string of the molecule is COC(=O)c1ccc2c(c1)C(N)CCO2. The Kier molecular flexibility index (Phi) is 2.60. The Morgan fingerprint density at radius 1 is 1.60 bits per heavy atom. The largest absolute Gasteiger partial charge is 0.493 e. The monoisotopic (exact) mass is 207 g/mol. The van der Waals surface area contributed by atoms with Gasteiger partial charge in [0.1, 0.15) is 5.75 Å². The van der Waals surface area contributed by atoms with Gasteiger partial charge in [0.15, 0.2) is 0 Å². The summed E-state index contributed by atoms with van der Waals surface area (Å²) >= 11 is 0. The molecule has 0 fully saturated rings. The minimum Gasteiger partial charge on any atom is -0.493 e. The minimum atomic E-state index is -0.351. The van der Waals surface area contributed by atoms with Crippen LogP contribution in [0.5, 0.6) is 5.75 Å². The van der Waals surface area contributed by atoms with E-state index >= 15 is 0 Å². The van der Waals surface area contributed by atoms with Crippen molar-refractivity contribution in [2.45, 2.75) is 12.5 Å². The summed E-state index contributed by atoms with van der Waals surface area (Å²) in [6.07, 6.45) is 0.775. The Labute approximate surface area is 88.0 Å². The van der Waals surface area contributed by atoms with Crippen LogP contribution in [0.1, 0.15) is 28.4 Å². The number of nitrogens with two attached hydrogens (primary N) is 1. The average Bonchev–Trinajstić information content (AvgIpc) is 2.28. The van der Waals surface area contributed by atoms with Gasteiger partial charge in [0.2, 0.25) is 0 Å². The van der Waals surface area contributed by atoms with Gasteiger partial charge in [-0.05, 0) is 18.2 Å². The van der Waals surface area contributed by atoms with Crippen LogP contribution in [0.4, 0.5) is 0 Å². The lowest BCUT2D eigenvalue weighted by Gasteiger charge is -2.23. The maximum absolute atomic E-state index is 11.3. The molecule has 0 aromatic heterocycles. The molecule has 0 spiro atoms. The molecule has 0 saturated heterocycles. The lowest BCUT2D eigenvalue weighted by molar-refractivity contribution is 0.0600. The minimum absolute atomic E-state index is 0.0571. The van der Waals surface area contributed by atoms with Gasteiger partial charge in [0, 0.05) is 18.0 Å². The topological polar surface area (TPSA) is 61.5 Å². The van der Waals surface area contributed by atoms with Crippen molar-refractivity contribution in [2.75, 3.05) is 13.7 Å². The maximum Gasteiger partial charge on any atom is 0.337 e. The van der Waals surface area contributed by atoms with Crippen molar-refractivity contribution in [2.24, 2.45) is 5.73 Å². The molecule has 1 aliphatic rings. The van der Waals surface area contributed by atoms with Crippen molar-refractivity contribution in [3.63, 3.8) is 0 Å². The van der Waals surface area contributed by atoms with Crippen LogP contribution in [-0.2, 0) is 4.74 Å². The zero-order chi connectivity index (χ0) is 10.8. The van der Waals surface area contributed by atoms with Crippen LogP contribution in [0.15, 0.2) is 18.2 Å². The molecule has 1 aliphatic heterocycles. The molecule has 4 nitrogen and oxygen atoms in total. The molecule has 0 amide bonds. The molecule has 15 heavy (non-hydrogen) atoms. The summed E-state index contributed by atoms with van der Waals surface area (Å²) in [4.78, 5) is 11.3. The molecule has 1 heterocycles. The first-order chi connectivity index (χ1) is 7.22. The van der Waals surface area contributed by atoms with Crippen LogP contribution in [0.3, 0.4) is 0 Å². The molecule has 0 aliphatic carbocycles. The first kappa shape index (κ1) is 9.98. The molecule has 1 unspecified atom stereocenters. The van der Waals surface area contributed by atoms with E-state index in [0.717, 1.165) is 17.7 Å². The zero-order valence-electron chi connectivity index (χ0n) is 8.53. The Hall–Kier alpha value is -1.55. The molecule has 1 atom stereocenters. The quantitative estimate of drug-likeness (QED) is 0.704. The Morgan fingerprint density at radius 3 is 3.13 bits per heavy atom. The highest BCUT2D eigenvalue weighted by Gasteiger charge is 2.19. The molecular formula is C11H13NO3. The van der Waals surface area contributed by atoms with E-state index in [0.29, 0.717) is 12.2 Å². The third-order valence-electron chi connectivity index (χ3n) is 2.52. The van der Waals surface area contributed by atoms with E-state index in [-0.39, 0.29) is 12.0 Å². The molecule has 0 bridgehead atoms. The number of carbonyl (C=O) groups excluding carboxylic acids is 1. The Balaban J connectivity index is 2.39. The van der Waals surface area contributed by atoms with E-state index in [1.54, 1.807) is 18.2 Å². The van der Waals surface area contributed by atoms with E-state index in [1.807, 2.05) is 0 Å².